The molecule has 0 saturated heterocycles. The Labute approximate surface area is 132 Å². The minimum absolute atomic E-state index is 0.622. The van der Waals surface area contributed by atoms with Crippen LogP contribution in [0.25, 0.3) is 11.0 Å². The SMILES string of the molecule is Clc1cccc(Cl)c1CNCc1ccc2nccnc2c1. The highest BCUT2D eigenvalue weighted by Crippen LogP contribution is 2.24. The van der Waals surface area contributed by atoms with Gasteiger partial charge in [-0.3, -0.25) is 9.97 Å². The summed E-state index contributed by atoms with van der Waals surface area (Å²) in [7, 11) is 0. The highest BCUT2D eigenvalue weighted by atomic mass is 35.5. The molecule has 0 aliphatic carbocycles. The van der Waals surface area contributed by atoms with Crippen molar-refractivity contribution in [2.75, 3.05) is 0 Å². The third kappa shape index (κ3) is 3.32. The van der Waals surface area contributed by atoms with Crippen LogP contribution in [0.2, 0.25) is 10.0 Å². The quantitative estimate of drug-likeness (QED) is 0.782. The Morgan fingerprint density at radius 2 is 1.57 bits per heavy atom. The lowest BCUT2D eigenvalue weighted by Gasteiger charge is -2.09. The molecule has 1 heterocycles. The van der Waals surface area contributed by atoms with Crippen LogP contribution in [-0.2, 0) is 13.1 Å². The zero-order valence-corrected chi connectivity index (χ0v) is 12.7. The van der Waals surface area contributed by atoms with Crippen molar-refractivity contribution < 1.29 is 0 Å². The van der Waals surface area contributed by atoms with Crippen LogP contribution in [0.3, 0.4) is 0 Å². The summed E-state index contributed by atoms with van der Waals surface area (Å²) in [6, 6.07) is 11.6. The number of hydrogen-bond acceptors (Lipinski definition) is 3. The van der Waals surface area contributed by atoms with Crippen LogP contribution < -0.4 is 5.32 Å². The molecule has 0 aliphatic rings. The lowest BCUT2D eigenvalue weighted by Crippen LogP contribution is -2.13. The van der Waals surface area contributed by atoms with E-state index in [-0.39, 0.29) is 0 Å². The molecule has 0 bridgehead atoms. The van der Waals surface area contributed by atoms with E-state index >= 15 is 0 Å². The third-order valence-corrected chi connectivity index (χ3v) is 3.93. The molecular weight excluding hydrogens is 305 g/mol. The van der Waals surface area contributed by atoms with E-state index in [1.807, 2.05) is 36.4 Å². The minimum atomic E-state index is 0.622. The van der Waals surface area contributed by atoms with Gasteiger partial charge in [-0.25, -0.2) is 0 Å². The topological polar surface area (TPSA) is 37.8 Å². The normalized spacial score (nSPS) is 11.0. The Morgan fingerprint density at radius 1 is 0.857 bits per heavy atom. The summed E-state index contributed by atoms with van der Waals surface area (Å²) >= 11 is 12.3. The van der Waals surface area contributed by atoms with Gasteiger partial charge in [0.1, 0.15) is 0 Å². The number of fused-ring (bicyclic) bond motifs is 1. The Balaban J connectivity index is 1.69. The maximum absolute atomic E-state index is 6.15. The molecule has 21 heavy (non-hydrogen) atoms. The molecule has 1 N–H and O–H groups in total. The highest BCUT2D eigenvalue weighted by Gasteiger charge is 2.05. The van der Waals surface area contributed by atoms with Crippen molar-refractivity contribution >= 4 is 34.2 Å². The van der Waals surface area contributed by atoms with Gasteiger partial charge >= 0.3 is 0 Å². The summed E-state index contributed by atoms with van der Waals surface area (Å²) in [5.41, 5.74) is 3.86. The van der Waals surface area contributed by atoms with E-state index in [4.69, 9.17) is 23.2 Å². The molecule has 0 unspecified atom stereocenters. The van der Waals surface area contributed by atoms with Crippen molar-refractivity contribution in [3.8, 4) is 0 Å². The van der Waals surface area contributed by atoms with E-state index in [1.54, 1.807) is 12.4 Å². The first kappa shape index (κ1) is 14.3. The monoisotopic (exact) mass is 317 g/mol. The van der Waals surface area contributed by atoms with Crippen molar-refractivity contribution in [2.45, 2.75) is 13.1 Å². The average Bonchev–Trinajstić information content (AvgIpc) is 2.50. The van der Waals surface area contributed by atoms with Gasteiger partial charge in [0.15, 0.2) is 0 Å². The second kappa shape index (κ2) is 6.39. The molecule has 5 heteroatoms. The van der Waals surface area contributed by atoms with Crippen LogP contribution in [-0.4, -0.2) is 9.97 Å². The Kier molecular flexibility index (Phi) is 4.34. The van der Waals surface area contributed by atoms with Gasteiger partial charge in [-0.1, -0.05) is 35.3 Å². The molecule has 0 fully saturated rings. The van der Waals surface area contributed by atoms with Gasteiger partial charge in [0.2, 0.25) is 0 Å². The molecule has 0 radical (unpaired) electrons. The number of nitrogens with one attached hydrogen (secondary N) is 1. The summed E-state index contributed by atoms with van der Waals surface area (Å²) < 4.78 is 0. The van der Waals surface area contributed by atoms with Crippen LogP contribution >= 0.6 is 23.2 Å². The van der Waals surface area contributed by atoms with Crippen molar-refractivity contribution in [2.24, 2.45) is 0 Å². The zero-order chi connectivity index (χ0) is 14.7. The van der Waals surface area contributed by atoms with Crippen molar-refractivity contribution in [1.29, 1.82) is 0 Å². The summed E-state index contributed by atoms with van der Waals surface area (Å²) in [5.74, 6) is 0. The second-order valence-electron chi connectivity index (χ2n) is 4.68. The maximum atomic E-state index is 6.15. The molecule has 2 aromatic carbocycles. The van der Waals surface area contributed by atoms with E-state index in [0.29, 0.717) is 23.1 Å². The van der Waals surface area contributed by atoms with E-state index in [2.05, 4.69) is 15.3 Å². The lowest BCUT2D eigenvalue weighted by molar-refractivity contribution is 0.694. The first-order chi connectivity index (χ1) is 10.2. The summed E-state index contributed by atoms with van der Waals surface area (Å²) in [6.45, 7) is 1.34. The van der Waals surface area contributed by atoms with Crippen LogP contribution in [0.4, 0.5) is 0 Å². The molecular formula is C16H13Cl2N3. The summed E-state index contributed by atoms with van der Waals surface area (Å²) in [5, 5.41) is 4.71. The Hall–Kier alpha value is -1.68. The smallest absolute Gasteiger partial charge is 0.0890 e. The number of benzene rings is 2. The lowest BCUT2D eigenvalue weighted by atomic mass is 10.1. The van der Waals surface area contributed by atoms with Crippen molar-refractivity contribution in [1.82, 2.24) is 15.3 Å². The van der Waals surface area contributed by atoms with Crippen LogP contribution in [0.5, 0.6) is 0 Å². The standard InChI is InChI=1S/C16H13Cl2N3/c17-13-2-1-3-14(18)12(13)10-19-9-11-4-5-15-16(8-11)21-7-6-20-15/h1-8,19H,9-10H2. The fraction of sp³-hybridized carbons (Fsp3) is 0.125. The van der Waals surface area contributed by atoms with Crippen LogP contribution in [0.15, 0.2) is 48.8 Å². The zero-order valence-electron chi connectivity index (χ0n) is 11.2. The summed E-state index contributed by atoms with van der Waals surface area (Å²) in [6.07, 6.45) is 3.39. The van der Waals surface area contributed by atoms with Crippen molar-refractivity contribution in [3.05, 3.63) is 70.0 Å². The molecule has 106 valence electrons. The molecule has 0 spiro atoms. The molecule has 1 aromatic heterocycles. The Bertz CT molecular complexity index is 754. The number of halogens is 2. The van der Waals surface area contributed by atoms with E-state index < -0.39 is 0 Å². The number of rotatable bonds is 4. The van der Waals surface area contributed by atoms with Gasteiger partial charge in [-0.2, -0.15) is 0 Å². The fourth-order valence-electron chi connectivity index (χ4n) is 2.15. The fourth-order valence-corrected chi connectivity index (χ4v) is 2.68. The van der Waals surface area contributed by atoms with Gasteiger partial charge in [-0.15, -0.1) is 0 Å². The first-order valence-electron chi connectivity index (χ1n) is 6.57. The number of hydrogen-bond donors (Lipinski definition) is 1. The van der Waals surface area contributed by atoms with E-state index in [1.165, 1.54) is 0 Å². The number of nitrogens with zero attached hydrogens (tertiary/aromatic N) is 2. The molecule has 3 aromatic rings. The largest absolute Gasteiger partial charge is 0.309 e. The first-order valence-corrected chi connectivity index (χ1v) is 7.33. The maximum Gasteiger partial charge on any atom is 0.0890 e. The molecule has 0 amide bonds. The van der Waals surface area contributed by atoms with E-state index in [9.17, 15) is 0 Å². The van der Waals surface area contributed by atoms with Gasteiger partial charge < -0.3 is 5.32 Å². The molecule has 3 nitrogen and oxygen atoms in total. The van der Waals surface area contributed by atoms with Gasteiger partial charge in [0.05, 0.1) is 11.0 Å². The minimum Gasteiger partial charge on any atom is -0.309 e. The highest BCUT2D eigenvalue weighted by molar-refractivity contribution is 6.35. The van der Waals surface area contributed by atoms with E-state index in [0.717, 1.165) is 22.2 Å². The molecule has 0 aliphatic heterocycles. The number of aromatic nitrogens is 2. The predicted molar refractivity (Wildman–Crippen MR) is 86.5 cm³/mol. The van der Waals surface area contributed by atoms with Gasteiger partial charge in [0, 0.05) is 41.1 Å². The third-order valence-electron chi connectivity index (χ3n) is 3.23. The molecule has 0 saturated carbocycles. The van der Waals surface area contributed by atoms with Crippen LogP contribution in [0.1, 0.15) is 11.1 Å². The predicted octanol–water partition coefficient (Wildman–Crippen LogP) is 4.23. The summed E-state index contributed by atoms with van der Waals surface area (Å²) in [4.78, 5) is 8.56. The van der Waals surface area contributed by atoms with Gasteiger partial charge in [0.25, 0.3) is 0 Å². The Morgan fingerprint density at radius 3 is 2.33 bits per heavy atom. The second-order valence-corrected chi connectivity index (χ2v) is 5.50. The molecule has 0 atom stereocenters. The average molecular weight is 318 g/mol. The molecule has 3 rings (SSSR count). The van der Waals surface area contributed by atoms with Crippen LogP contribution in [0, 0.1) is 0 Å². The van der Waals surface area contributed by atoms with Crippen molar-refractivity contribution in [3.63, 3.8) is 0 Å². The van der Waals surface area contributed by atoms with Gasteiger partial charge in [-0.05, 0) is 29.8 Å².